The zero-order valence-electron chi connectivity index (χ0n) is 13.7. The van der Waals surface area contributed by atoms with Gasteiger partial charge in [-0.3, -0.25) is 9.59 Å². The molecule has 8 heteroatoms. The lowest BCUT2D eigenvalue weighted by Gasteiger charge is -2.34. The largest absolute Gasteiger partial charge is 0.439 e. The van der Waals surface area contributed by atoms with Crippen molar-refractivity contribution in [3.8, 4) is 6.07 Å². The van der Waals surface area contributed by atoms with Crippen LogP contribution in [0.4, 0.5) is 4.79 Å². The van der Waals surface area contributed by atoms with E-state index < -0.39 is 18.6 Å². The number of hydrogen-bond acceptors (Lipinski definition) is 5. The van der Waals surface area contributed by atoms with E-state index in [1.165, 1.54) is 4.90 Å². The summed E-state index contributed by atoms with van der Waals surface area (Å²) < 4.78 is 4.74. The standard InChI is InChI=1S/C17H19N4O4/c18-11-14-3-1-13(2-4-14)5-6-16(23)20-7-9-21(10-8-20)17(24)25-12-15(19)22/h1-4,6H,5,7-10,12H2,(H2,19,22). The van der Waals surface area contributed by atoms with Gasteiger partial charge in [0, 0.05) is 26.2 Å². The van der Waals surface area contributed by atoms with Gasteiger partial charge < -0.3 is 20.3 Å². The van der Waals surface area contributed by atoms with E-state index in [4.69, 9.17) is 15.7 Å². The molecule has 0 saturated carbocycles. The number of carbonyl (C=O) groups is 3. The van der Waals surface area contributed by atoms with Crippen LogP contribution >= 0.6 is 0 Å². The number of carbonyl (C=O) groups excluding carboxylic acids is 3. The van der Waals surface area contributed by atoms with Crippen molar-refractivity contribution in [1.82, 2.24) is 9.80 Å². The highest BCUT2D eigenvalue weighted by atomic mass is 16.6. The molecule has 1 aliphatic rings. The topological polar surface area (TPSA) is 117 Å². The van der Waals surface area contributed by atoms with Crippen LogP contribution in [-0.2, 0) is 20.7 Å². The molecule has 0 aliphatic carbocycles. The summed E-state index contributed by atoms with van der Waals surface area (Å²) in [4.78, 5) is 37.6. The maximum Gasteiger partial charge on any atom is 0.410 e. The normalized spacial score (nSPS) is 13.9. The fourth-order valence-corrected chi connectivity index (χ4v) is 2.38. The molecule has 1 saturated heterocycles. The van der Waals surface area contributed by atoms with Gasteiger partial charge in [-0.15, -0.1) is 0 Å². The van der Waals surface area contributed by atoms with E-state index in [2.05, 4.69) is 0 Å². The zero-order valence-corrected chi connectivity index (χ0v) is 13.7. The minimum Gasteiger partial charge on any atom is -0.439 e. The third-order valence-corrected chi connectivity index (χ3v) is 3.78. The SMILES string of the molecule is N#Cc1ccc(C[CH]C(=O)N2CCN(C(=O)OCC(N)=O)CC2)cc1. The maximum absolute atomic E-state index is 12.2. The number of piperazine rings is 1. The van der Waals surface area contributed by atoms with Crippen LogP contribution in [0.1, 0.15) is 11.1 Å². The molecule has 1 fully saturated rings. The van der Waals surface area contributed by atoms with Crippen LogP contribution in [0.15, 0.2) is 24.3 Å². The summed E-state index contributed by atoms with van der Waals surface area (Å²) in [6.07, 6.45) is 1.46. The first-order valence-electron chi connectivity index (χ1n) is 7.80. The number of nitrogens with zero attached hydrogens (tertiary/aromatic N) is 3. The van der Waals surface area contributed by atoms with E-state index in [1.807, 2.05) is 18.2 Å². The first kappa shape index (κ1) is 18.3. The van der Waals surface area contributed by atoms with E-state index in [0.717, 1.165) is 5.56 Å². The lowest BCUT2D eigenvalue weighted by molar-refractivity contribution is -0.129. The number of primary amides is 1. The van der Waals surface area contributed by atoms with Crippen molar-refractivity contribution in [1.29, 1.82) is 5.26 Å². The summed E-state index contributed by atoms with van der Waals surface area (Å²) in [7, 11) is 0. The van der Waals surface area contributed by atoms with E-state index in [1.54, 1.807) is 23.5 Å². The van der Waals surface area contributed by atoms with Gasteiger partial charge in [0.25, 0.3) is 5.91 Å². The van der Waals surface area contributed by atoms with Gasteiger partial charge in [-0.05, 0) is 24.1 Å². The molecule has 1 heterocycles. The lowest BCUT2D eigenvalue weighted by Crippen LogP contribution is -2.51. The summed E-state index contributed by atoms with van der Waals surface area (Å²) in [5.41, 5.74) is 6.45. The first-order valence-corrected chi connectivity index (χ1v) is 7.80. The molecule has 0 spiro atoms. The summed E-state index contributed by atoms with van der Waals surface area (Å²) in [5, 5.41) is 8.76. The molecular formula is C17H19N4O4. The molecule has 8 nitrogen and oxygen atoms in total. The quantitative estimate of drug-likeness (QED) is 0.812. The lowest BCUT2D eigenvalue weighted by atomic mass is 10.1. The molecule has 2 N–H and O–H groups in total. The Morgan fingerprint density at radius 3 is 2.28 bits per heavy atom. The second-order valence-electron chi connectivity index (χ2n) is 5.55. The second-order valence-corrected chi connectivity index (χ2v) is 5.55. The predicted octanol–water partition coefficient (Wildman–Crippen LogP) is 0.0712. The molecule has 2 rings (SSSR count). The van der Waals surface area contributed by atoms with Crippen molar-refractivity contribution >= 4 is 17.9 Å². The molecule has 1 aliphatic heterocycles. The number of nitrogens with two attached hydrogens (primary N) is 1. The number of ether oxygens (including phenoxy) is 1. The summed E-state index contributed by atoms with van der Waals surface area (Å²) in [6.45, 7) is 1.03. The highest BCUT2D eigenvalue weighted by molar-refractivity contribution is 5.85. The third-order valence-electron chi connectivity index (χ3n) is 3.78. The number of nitriles is 1. The maximum atomic E-state index is 12.2. The van der Waals surface area contributed by atoms with Crippen LogP contribution in [0.25, 0.3) is 0 Å². The third kappa shape index (κ3) is 5.49. The zero-order chi connectivity index (χ0) is 18.2. The Morgan fingerprint density at radius 2 is 1.72 bits per heavy atom. The molecule has 1 radical (unpaired) electrons. The van der Waals surface area contributed by atoms with Crippen LogP contribution in [-0.4, -0.2) is 60.5 Å². The van der Waals surface area contributed by atoms with Crippen LogP contribution < -0.4 is 5.73 Å². The van der Waals surface area contributed by atoms with Gasteiger partial charge in [0.2, 0.25) is 5.91 Å². The van der Waals surface area contributed by atoms with Gasteiger partial charge in [0.05, 0.1) is 18.1 Å². The van der Waals surface area contributed by atoms with E-state index in [-0.39, 0.29) is 5.91 Å². The Bertz CT molecular complexity index is 673. The summed E-state index contributed by atoms with van der Waals surface area (Å²) >= 11 is 0. The Balaban J connectivity index is 1.74. The fourth-order valence-electron chi connectivity index (χ4n) is 2.38. The smallest absolute Gasteiger partial charge is 0.410 e. The fraction of sp³-hybridized carbons (Fsp3) is 0.353. The Labute approximate surface area is 145 Å². The van der Waals surface area contributed by atoms with Gasteiger partial charge in [-0.25, -0.2) is 4.79 Å². The molecule has 0 aromatic heterocycles. The molecule has 3 amide bonds. The molecule has 0 bridgehead atoms. The second kappa shape index (κ2) is 8.68. The van der Waals surface area contributed by atoms with Crippen LogP contribution in [0.2, 0.25) is 0 Å². The van der Waals surface area contributed by atoms with Crippen molar-refractivity contribution < 1.29 is 19.1 Å². The predicted molar refractivity (Wildman–Crippen MR) is 87.9 cm³/mol. The van der Waals surface area contributed by atoms with Crippen molar-refractivity contribution in [2.75, 3.05) is 32.8 Å². The van der Waals surface area contributed by atoms with E-state index in [9.17, 15) is 14.4 Å². The van der Waals surface area contributed by atoms with Crippen molar-refractivity contribution in [3.05, 3.63) is 41.8 Å². The summed E-state index contributed by atoms with van der Waals surface area (Å²) in [6, 6.07) is 9.10. The molecule has 25 heavy (non-hydrogen) atoms. The average molecular weight is 343 g/mol. The van der Waals surface area contributed by atoms with Crippen molar-refractivity contribution in [3.63, 3.8) is 0 Å². The van der Waals surface area contributed by atoms with Gasteiger partial charge in [0.1, 0.15) is 0 Å². The number of hydrogen-bond donors (Lipinski definition) is 1. The van der Waals surface area contributed by atoms with E-state index >= 15 is 0 Å². The Morgan fingerprint density at radius 1 is 1.12 bits per heavy atom. The number of rotatable bonds is 5. The molecule has 1 aromatic rings. The Hall–Kier alpha value is -3.08. The highest BCUT2D eigenvalue weighted by Crippen LogP contribution is 2.09. The minimum absolute atomic E-state index is 0.102. The average Bonchev–Trinajstić information content (AvgIpc) is 2.64. The molecule has 1 aromatic carbocycles. The van der Waals surface area contributed by atoms with Crippen LogP contribution in [0.5, 0.6) is 0 Å². The Kier molecular flexibility index (Phi) is 6.34. The molecule has 131 valence electrons. The summed E-state index contributed by atoms with van der Waals surface area (Å²) in [5.74, 6) is -0.811. The first-order chi connectivity index (χ1) is 12.0. The van der Waals surface area contributed by atoms with E-state index in [0.29, 0.717) is 38.2 Å². The molecule has 0 atom stereocenters. The number of benzene rings is 1. The highest BCUT2D eigenvalue weighted by Gasteiger charge is 2.25. The number of amides is 3. The van der Waals surface area contributed by atoms with Gasteiger partial charge >= 0.3 is 6.09 Å². The van der Waals surface area contributed by atoms with Crippen molar-refractivity contribution in [2.24, 2.45) is 5.73 Å². The van der Waals surface area contributed by atoms with Crippen molar-refractivity contribution in [2.45, 2.75) is 6.42 Å². The van der Waals surface area contributed by atoms with Crippen LogP contribution in [0.3, 0.4) is 0 Å². The van der Waals surface area contributed by atoms with Gasteiger partial charge in [-0.2, -0.15) is 5.26 Å². The van der Waals surface area contributed by atoms with Gasteiger partial charge in [0.15, 0.2) is 6.61 Å². The molecular weight excluding hydrogens is 324 g/mol. The monoisotopic (exact) mass is 343 g/mol. The van der Waals surface area contributed by atoms with Gasteiger partial charge in [-0.1, -0.05) is 12.1 Å². The minimum atomic E-state index is -0.709. The molecule has 0 unspecified atom stereocenters. The van der Waals surface area contributed by atoms with Crippen LogP contribution in [0, 0.1) is 17.8 Å².